The highest BCUT2D eigenvalue weighted by Gasteiger charge is 2.27. The molecule has 0 saturated carbocycles. The van der Waals surface area contributed by atoms with E-state index in [0.717, 1.165) is 11.9 Å². The van der Waals surface area contributed by atoms with Crippen molar-refractivity contribution < 1.29 is 26.4 Å². The van der Waals surface area contributed by atoms with Gasteiger partial charge >= 0.3 is 0 Å². The number of hydrogen-bond acceptors (Lipinski definition) is 8. The summed E-state index contributed by atoms with van der Waals surface area (Å²) in [5.41, 5.74) is 3.31. The standard InChI is InChI=1S/C31H29F2N5O4S/c1-3-31(32,33)24-6-10-26(11-7-24)38-14-12-37(13-15-38)19-28(39)35-25-8-4-22(5-9-25)30-36-27-17-21(18-34)16-23(29(27)42-30)20-43(2,40)41/h3-11,16-17H,1,12-15,19-20H2,2H3,(H,35,39). The topological polar surface area (TPSA) is 120 Å². The molecule has 1 N–H and O–H groups in total. The molecular weight excluding hydrogens is 576 g/mol. The number of oxazole rings is 1. The fraction of sp³-hybridized carbons (Fsp3) is 0.258. The summed E-state index contributed by atoms with van der Waals surface area (Å²) >= 11 is 0. The molecule has 222 valence electrons. The number of sulfone groups is 1. The molecule has 43 heavy (non-hydrogen) atoms. The van der Waals surface area contributed by atoms with Crippen LogP contribution in [-0.2, 0) is 26.3 Å². The van der Waals surface area contributed by atoms with Crippen molar-refractivity contribution >= 4 is 38.2 Å². The molecule has 1 aliphatic heterocycles. The lowest BCUT2D eigenvalue weighted by atomic mass is 10.1. The van der Waals surface area contributed by atoms with Crippen molar-refractivity contribution in [2.45, 2.75) is 11.7 Å². The second kappa shape index (κ2) is 11.9. The van der Waals surface area contributed by atoms with Crippen molar-refractivity contribution in [3.63, 3.8) is 0 Å². The van der Waals surface area contributed by atoms with E-state index in [1.165, 1.54) is 18.2 Å². The van der Waals surface area contributed by atoms with Crippen LogP contribution in [-0.4, -0.2) is 63.2 Å². The van der Waals surface area contributed by atoms with Crippen molar-refractivity contribution in [3.8, 4) is 17.5 Å². The molecule has 4 aromatic rings. The lowest BCUT2D eigenvalue weighted by Crippen LogP contribution is -2.48. The quantitative estimate of drug-likeness (QED) is 0.266. The highest BCUT2D eigenvalue weighted by atomic mass is 32.2. The van der Waals surface area contributed by atoms with Gasteiger partial charge in [-0.15, -0.1) is 0 Å². The third kappa shape index (κ3) is 7.07. The number of alkyl halides is 2. The minimum Gasteiger partial charge on any atom is -0.436 e. The average Bonchev–Trinajstić information content (AvgIpc) is 3.42. The van der Waals surface area contributed by atoms with Crippen LogP contribution in [0.25, 0.3) is 22.6 Å². The van der Waals surface area contributed by atoms with Gasteiger partial charge in [-0.05, 0) is 54.6 Å². The first-order valence-corrected chi connectivity index (χ1v) is 15.5. The largest absolute Gasteiger partial charge is 0.436 e. The Morgan fingerprint density at radius 2 is 1.79 bits per heavy atom. The number of hydrogen-bond donors (Lipinski definition) is 1. The Kier molecular flexibility index (Phi) is 8.30. The smallest absolute Gasteiger partial charge is 0.291 e. The lowest BCUT2D eigenvalue weighted by Gasteiger charge is -2.35. The van der Waals surface area contributed by atoms with Gasteiger partial charge in [-0.3, -0.25) is 9.69 Å². The maximum Gasteiger partial charge on any atom is 0.291 e. The molecule has 2 heterocycles. The van der Waals surface area contributed by atoms with Gasteiger partial charge in [-0.1, -0.05) is 18.7 Å². The average molecular weight is 606 g/mol. The first kappa shape index (κ1) is 29.9. The summed E-state index contributed by atoms with van der Waals surface area (Å²) in [4.78, 5) is 21.3. The molecule has 1 fully saturated rings. The maximum absolute atomic E-state index is 13.8. The van der Waals surface area contributed by atoms with E-state index in [4.69, 9.17) is 4.42 Å². The number of piperazine rings is 1. The van der Waals surface area contributed by atoms with Gasteiger partial charge in [0.15, 0.2) is 15.4 Å². The zero-order valence-electron chi connectivity index (χ0n) is 23.4. The van der Waals surface area contributed by atoms with Gasteiger partial charge in [0.2, 0.25) is 11.8 Å². The molecular formula is C31H29F2N5O4S. The van der Waals surface area contributed by atoms with Crippen molar-refractivity contribution in [2.75, 3.05) is 49.2 Å². The third-order valence-electron chi connectivity index (χ3n) is 7.14. The molecule has 0 aliphatic carbocycles. The maximum atomic E-state index is 13.8. The Morgan fingerprint density at radius 1 is 1.12 bits per heavy atom. The summed E-state index contributed by atoms with van der Waals surface area (Å²) in [6.45, 7) is 6.00. The zero-order valence-corrected chi connectivity index (χ0v) is 24.2. The Morgan fingerprint density at radius 3 is 2.40 bits per heavy atom. The van der Waals surface area contributed by atoms with Gasteiger partial charge in [0.1, 0.15) is 5.52 Å². The van der Waals surface area contributed by atoms with Crippen LogP contribution in [0.2, 0.25) is 0 Å². The van der Waals surface area contributed by atoms with Crippen molar-refractivity contribution in [1.82, 2.24) is 9.88 Å². The molecule has 0 unspecified atom stereocenters. The Labute approximate surface area is 248 Å². The van der Waals surface area contributed by atoms with Gasteiger partial charge in [-0.25, -0.2) is 13.4 Å². The summed E-state index contributed by atoms with van der Waals surface area (Å²) in [6.07, 6.45) is 1.74. The molecule has 9 nitrogen and oxygen atoms in total. The highest BCUT2D eigenvalue weighted by Crippen LogP contribution is 2.31. The van der Waals surface area contributed by atoms with Crippen LogP contribution in [0.4, 0.5) is 20.2 Å². The van der Waals surface area contributed by atoms with E-state index in [1.54, 1.807) is 42.5 Å². The van der Waals surface area contributed by atoms with E-state index >= 15 is 0 Å². The number of halogens is 2. The summed E-state index contributed by atoms with van der Waals surface area (Å²) < 4.78 is 57.3. The number of allylic oxidation sites excluding steroid dienone is 1. The molecule has 12 heteroatoms. The number of nitrogens with one attached hydrogen (secondary N) is 1. The van der Waals surface area contributed by atoms with Gasteiger partial charge < -0.3 is 14.6 Å². The minimum atomic E-state index is -3.37. The minimum absolute atomic E-state index is 0.101. The fourth-order valence-corrected chi connectivity index (χ4v) is 5.74. The van der Waals surface area contributed by atoms with Crippen LogP contribution in [0, 0.1) is 11.3 Å². The molecule has 1 amide bonds. The number of carbonyl (C=O) groups is 1. The Hall–Kier alpha value is -4.60. The molecule has 5 rings (SSSR count). The van der Waals surface area contributed by atoms with Crippen LogP contribution in [0.15, 0.2) is 77.7 Å². The van der Waals surface area contributed by atoms with Crippen LogP contribution in [0.5, 0.6) is 0 Å². The zero-order chi connectivity index (χ0) is 30.8. The molecule has 0 radical (unpaired) electrons. The molecule has 3 aromatic carbocycles. The van der Waals surface area contributed by atoms with E-state index in [2.05, 4.69) is 21.8 Å². The predicted molar refractivity (Wildman–Crippen MR) is 161 cm³/mol. The third-order valence-corrected chi connectivity index (χ3v) is 7.98. The Balaban J connectivity index is 1.17. The normalized spacial score (nSPS) is 14.4. The summed E-state index contributed by atoms with van der Waals surface area (Å²) in [5, 5.41) is 12.2. The van der Waals surface area contributed by atoms with Crippen LogP contribution < -0.4 is 10.2 Å². The number of nitrogens with zero attached hydrogens (tertiary/aromatic N) is 4. The lowest BCUT2D eigenvalue weighted by molar-refractivity contribution is -0.117. The van der Waals surface area contributed by atoms with Crippen molar-refractivity contribution in [3.05, 3.63) is 90.0 Å². The number of aromatic nitrogens is 1. The van der Waals surface area contributed by atoms with Gasteiger partial charge in [0, 0.05) is 60.5 Å². The summed E-state index contributed by atoms with van der Waals surface area (Å²) in [7, 11) is -3.37. The molecule has 0 atom stereocenters. The second-order valence-electron chi connectivity index (χ2n) is 10.4. The number of amides is 1. The molecule has 1 aliphatic rings. The SMILES string of the molecule is C=CC(F)(F)c1ccc(N2CCN(CC(=O)Nc3ccc(-c4nc5cc(C#N)cc(CS(C)(=O)=O)c5o4)cc3)CC2)cc1. The molecule has 0 spiro atoms. The van der Waals surface area contributed by atoms with Crippen LogP contribution in [0.1, 0.15) is 16.7 Å². The van der Waals surface area contributed by atoms with Gasteiger partial charge in [0.25, 0.3) is 5.92 Å². The predicted octanol–water partition coefficient (Wildman–Crippen LogP) is 4.95. The van der Waals surface area contributed by atoms with Crippen LogP contribution in [0.3, 0.4) is 0 Å². The van der Waals surface area contributed by atoms with Crippen LogP contribution >= 0.6 is 0 Å². The Bertz CT molecular complexity index is 1810. The monoisotopic (exact) mass is 605 g/mol. The second-order valence-corrected chi connectivity index (χ2v) is 12.6. The van der Waals surface area contributed by atoms with E-state index in [9.17, 15) is 27.3 Å². The number of fused-ring (bicyclic) bond motifs is 1. The number of anilines is 2. The summed E-state index contributed by atoms with van der Waals surface area (Å²) in [5.74, 6) is -3.25. The molecule has 0 bridgehead atoms. The number of benzene rings is 3. The first-order valence-electron chi connectivity index (χ1n) is 13.4. The molecule has 1 aromatic heterocycles. The number of rotatable bonds is 9. The van der Waals surface area contributed by atoms with Crippen molar-refractivity contribution in [2.24, 2.45) is 0 Å². The van der Waals surface area contributed by atoms with E-state index in [-0.39, 0.29) is 35.2 Å². The number of nitriles is 1. The van der Waals surface area contributed by atoms with Crippen molar-refractivity contribution in [1.29, 1.82) is 5.26 Å². The number of carbonyl (C=O) groups excluding carboxylic acids is 1. The van der Waals surface area contributed by atoms with E-state index in [1.807, 2.05) is 11.0 Å². The van der Waals surface area contributed by atoms with Gasteiger partial charge in [-0.2, -0.15) is 14.0 Å². The molecule has 1 saturated heterocycles. The summed E-state index contributed by atoms with van der Waals surface area (Å²) in [6, 6.07) is 18.1. The first-order chi connectivity index (χ1) is 20.4. The van der Waals surface area contributed by atoms with E-state index < -0.39 is 15.8 Å². The fourth-order valence-electron chi connectivity index (χ4n) is 4.96. The van der Waals surface area contributed by atoms with E-state index in [0.29, 0.717) is 60.2 Å². The van der Waals surface area contributed by atoms with Gasteiger partial charge in [0.05, 0.1) is 23.9 Å². The highest BCUT2D eigenvalue weighted by molar-refractivity contribution is 7.89.